The Labute approximate surface area is 93.4 Å². The van der Waals surface area contributed by atoms with Crippen molar-refractivity contribution in [3.8, 4) is 0 Å². The molecule has 2 N–H and O–H groups in total. The highest BCUT2D eigenvalue weighted by Gasteiger charge is 1.98. The molecule has 0 saturated heterocycles. The summed E-state index contributed by atoms with van der Waals surface area (Å²) in [6.45, 7) is 0.992. The minimum atomic E-state index is -0.0194. The van der Waals surface area contributed by atoms with E-state index < -0.39 is 0 Å². The summed E-state index contributed by atoms with van der Waals surface area (Å²) >= 11 is 0. The monoisotopic (exact) mass is 215 g/mol. The summed E-state index contributed by atoms with van der Waals surface area (Å²) in [5.41, 5.74) is 7.52. The Balaban J connectivity index is 2.31. The van der Waals surface area contributed by atoms with Crippen molar-refractivity contribution in [2.75, 3.05) is 0 Å². The molecule has 0 aromatic carbocycles. The van der Waals surface area contributed by atoms with Gasteiger partial charge in [-0.05, 0) is 23.3 Å². The van der Waals surface area contributed by atoms with Crippen LogP contribution in [0.5, 0.6) is 0 Å². The SMILES string of the molecule is NCc1ccc(=O)n(Cc2ccncc2)c1. The predicted molar refractivity (Wildman–Crippen MR) is 61.9 cm³/mol. The van der Waals surface area contributed by atoms with Crippen LogP contribution >= 0.6 is 0 Å². The molecule has 0 atom stereocenters. The van der Waals surface area contributed by atoms with Gasteiger partial charge in [0.1, 0.15) is 0 Å². The van der Waals surface area contributed by atoms with E-state index in [-0.39, 0.29) is 5.56 Å². The van der Waals surface area contributed by atoms with Gasteiger partial charge >= 0.3 is 0 Å². The molecule has 16 heavy (non-hydrogen) atoms. The maximum Gasteiger partial charge on any atom is 0.250 e. The maximum atomic E-state index is 11.6. The van der Waals surface area contributed by atoms with E-state index in [0.717, 1.165) is 11.1 Å². The molecule has 0 saturated carbocycles. The molecule has 0 radical (unpaired) electrons. The van der Waals surface area contributed by atoms with Gasteiger partial charge in [-0.3, -0.25) is 9.78 Å². The van der Waals surface area contributed by atoms with E-state index in [1.54, 1.807) is 35.3 Å². The second kappa shape index (κ2) is 4.72. The van der Waals surface area contributed by atoms with E-state index in [4.69, 9.17) is 5.73 Å². The lowest BCUT2D eigenvalue weighted by Crippen LogP contribution is -2.20. The van der Waals surface area contributed by atoms with Gasteiger partial charge in [0.05, 0.1) is 6.54 Å². The Hall–Kier alpha value is -1.94. The van der Waals surface area contributed by atoms with Gasteiger partial charge in [-0.1, -0.05) is 6.07 Å². The van der Waals surface area contributed by atoms with E-state index in [1.165, 1.54) is 0 Å². The highest BCUT2D eigenvalue weighted by molar-refractivity contribution is 5.14. The molecule has 82 valence electrons. The molecule has 0 fully saturated rings. The summed E-state index contributed by atoms with van der Waals surface area (Å²) in [4.78, 5) is 15.5. The smallest absolute Gasteiger partial charge is 0.250 e. The zero-order chi connectivity index (χ0) is 11.4. The molecule has 4 heteroatoms. The molecule has 2 heterocycles. The fourth-order valence-corrected chi connectivity index (χ4v) is 1.51. The molecular formula is C12H13N3O. The lowest BCUT2D eigenvalue weighted by atomic mass is 10.2. The van der Waals surface area contributed by atoms with Crippen molar-refractivity contribution in [3.05, 3.63) is 64.3 Å². The van der Waals surface area contributed by atoms with Gasteiger partial charge < -0.3 is 10.3 Å². The Morgan fingerprint density at radius 2 is 1.88 bits per heavy atom. The molecule has 0 spiro atoms. The van der Waals surface area contributed by atoms with E-state index in [1.807, 2.05) is 12.1 Å². The average molecular weight is 215 g/mol. The summed E-state index contributed by atoms with van der Waals surface area (Å²) in [5.74, 6) is 0. The highest BCUT2D eigenvalue weighted by atomic mass is 16.1. The molecule has 0 aliphatic rings. The van der Waals surface area contributed by atoms with Crippen LogP contribution in [0.15, 0.2) is 47.7 Å². The van der Waals surface area contributed by atoms with Gasteiger partial charge in [0.15, 0.2) is 0 Å². The molecular weight excluding hydrogens is 202 g/mol. The standard InChI is InChI=1S/C12H13N3O/c13-7-11-1-2-12(16)15(9-11)8-10-3-5-14-6-4-10/h1-6,9H,7-8,13H2. The summed E-state index contributed by atoms with van der Waals surface area (Å²) in [5, 5.41) is 0. The molecule has 0 amide bonds. The van der Waals surface area contributed by atoms with Gasteiger partial charge in [-0.15, -0.1) is 0 Å². The number of nitrogens with two attached hydrogens (primary N) is 1. The first-order chi connectivity index (χ1) is 7.79. The number of hydrogen-bond acceptors (Lipinski definition) is 3. The summed E-state index contributed by atoms with van der Waals surface area (Å²) < 4.78 is 1.65. The Bertz CT molecular complexity index is 519. The van der Waals surface area contributed by atoms with Crippen molar-refractivity contribution in [1.29, 1.82) is 0 Å². The summed E-state index contributed by atoms with van der Waals surface area (Å²) in [6.07, 6.45) is 5.23. The van der Waals surface area contributed by atoms with Crippen molar-refractivity contribution in [1.82, 2.24) is 9.55 Å². The minimum absolute atomic E-state index is 0.0194. The van der Waals surface area contributed by atoms with Crippen LogP contribution in [0.25, 0.3) is 0 Å². The van der Waals surface area contributed by atoms with Crippen LogP contribution in [0, 0.1) is 0 Å². The second-order valence-corrected chi connectivity index (χ2v) is 3.56. The van der Waals surface area contributed by atoms with Gasteiger partial charge in [-0.25, -0.2) is 0 Å². The van der Waals surface area contributed by atoms with E-state index in [2.05, 4.69) is 4.98 Å². The van der Waals surface area contributed by atoms with Gasteiger partial charge in [0.2, 0.25) is 0 Å². The first kappa shape index (κ1) is 10.6. The van der Waals surface area contributed by atoms with Gasteiger partial charge in [-0.2, -0.15) is 0 Å². The minimum Gasteiger partial charge on any atom is -0.326 e. The average Bonchev–Trinajstić information content (AvgIpc) is 2.33. The molecule has 0 aliphatic heterocycles. The van der Waals surface area contributed by atoms with Crippen molar-refractivity contribution in [3.63, 3.8) is 0 Å². The first-order valence-electron chi connectivity index (χ1n) is 5.08. The van der Waals surface area contributed by atoms with Crippen LogP contribution in [0.3, 0.4) is 0 Å². The number of nitrogens with zero attached hydrogens (tertiary/aromatic N) is 2. The molecule has 0 aliphatic carbocycles. The lowest BCUT2D eigenvalue weighted by Gasteiger charge is -2.06. The molecule has 2 rings (SSSR count). The normalized spacial score (nSPS) is 10.3. The molecule has 0 unspecified atom stereocenters. The van der Waals surface area contributed by atoms with Crippen LogP contribution in [-0.4, -0.2) is 9.55 Å². The van der Waals surface area contributed by atoms with Crippen LogP contribution in [0.2, 0.25) is 0 Å². The Kier molecular flexibility index (Phi) is 3.12. The van der Waals surface area contributed by atoms with Crippen molar-refractivity contribution in [2.24, 2.45) is 5.73 Å². The van der Waals surface area contributed by atoms with E-state index in [9.17, 15) is 4.79 Å². The zero-order valence-electron chi connectivity index (χ0n) is 8.84. The molecule has 2 aromatic heterocycles. The lowest BCUT2D eigenvalue weighted by molar-refractivity contribution is 0.747. The first-order valence-corrected chi connectivity index (χ1v) is 5.08. The van der Waals surface area contributed by atoms with E-state index >= 15 is 0 Å². The molecule has 0 bridgehead atoms. The topological polar surface area (TPSA) is 60.9 Å². The number of pyridine rings is 2. The van der Waals surface area contributed by atoms with Crippen molar-refractivity contribution >= 4 is 0 Å². The third kappa shape index (κ3) is 2.35. The molecule has 4 nitrogen and oxygen atoms in total. The van der Waals surface area contributed by atoms with Crippen molar-refractivity contribution < 1.29 is 0 Å². The van der Waals surface area contributed by atoms with Crippen LogP contribution < -0.4 is 11.3 Å². The Morgan fingerprint density at radius 1 is 1.12 bits per heavy atom. The maximum absolute atomic E-state index is 11.6. The summed E-state index contributed by atoms with van der Waals surface area (Å²) in [7, 11) is 0. The molecule has 2 aromatic rings. The predicted octanol–water partition coefficient (Wildman–Crippen LogP) is 0.750. The summed E-state index contributed by atoms with van der Waals surface area (Å²) in [6, 6.07) is 7.08. The van der Waals surface area contributed by atoms with Gasteiger partial charge in [0, 0.05) is 31.2 Å². The van der Waals surface area contributed by atoms with Crippen LogP contribution in [-0.2, 0) is 13.1 Å². The zero-order valence-corrected chi connectivity index (χ0v) is 8.84. The van der Waals surface area contributed by atoms with Gasteiger partial charge in [0.25, 0.3) is 5.56 Å². The van der Waals surface area contributed by atoms with Crippen molar-refractivity contribution in [2.45, 2.75) is 13.1 Å². The number of aromatic nitrogens is 2. The van der Waals surface area contributed by atoms with Crippen LogP contribution in [0.1, 0.15) is 11.1 Å². The fourth-order valence-electron chi connectivity index (χ4n) is 1.51. The van der Waals surface area contributed by atoms with Crippen LogP contribution in [0.4, 0.5) is 0 Å². The quantitative estimate of drug-likeness (QED) is 0.821. The third-order valence-electron chi connectivity index (χ3n) is 2.38. The Morgan fingerprint density at radius 3 is 2.56 bits per heavy atom. The largest absolute Gasteiger partial charge is 0.326 e. The number of rotatable bonds is 3. The second-order valence-electron chi connectivity index (χ2n) is 3.56. The number of hydrogen-bond donors (Lipinski definition) is 1. The highest BCUT2D eigenvalue weighted by Crippen LogP contribution is 2.00. The fraction of sp³-hybridized carbons (Fsp3) is 0.167. The van der Waals surface area contributed by atoms with E-state index in [0.29, 0.717) is 13.1 Å². The third-order valence-corrected chi connectivity index (χ3v) is 2.38.